The van der Waals surface area contributed by atoms with E-state index in [1.807, 2.05) is 6.07 Å². The fourth-order valence-electron chi connectivity index (χ4n) is 2.27. The number of aliphatic hydroxyl groups excluding tert-OH is 1. The molecule has 0 amide bonds. The zero-order valence-electron chi connectivity index (χ0n) is 9.05. The molecular weight excluding hydrogens is 214 g/mol. The van der Waals surface area contributed by atoms with Crippen molar-refractivity contribution in [2.75, 3.05) is 5.73 Å². The summed E-state index contributed by atoms with van der Waals surface area (Å²) in [6.45, 7) is 0. The van der Waals surface area contributed by atoms with Gasteiger partial charge in [0.2, 0.25) is 0 Å². The van der Waals surface area contributed by atoms with Gasteiger partial charge in [-0.3, -0.25) is 4.79 Å². The molecule has 3 heteroatoms. The highest BCUT2D eigenvalue weighted by molar-refractivity contribution is 6.12. The maximum atomic E-state index is 12.2. The molecule has 0 saturated carbocycles. The highest BCUT2D eigenvalue weighted by atomic mass is 16.3. The second-order valence-corrected chi connectivity index (χ2v) is 4.17. The van der Waals surface area contributed by atoms with Gasteiger partial charge in [0.1, 0.15) is 6.10 Å². The summed E-state index contributed by atoms with van der Waals surface area (Å²) in [5.41, 5.74) is 8.58. The van der Waals surface area contributed by atoms with Crippen molar-refractivity contribution in [3.05, 3.63) is 64.7 Å². The van der Waals surface area contributed by atoms with Crippen LogP contribution in [0.4, 0.5) is 5.69 Å². The highest BCUT2D eigenvalue weighted by Crippen LogP contribution is 2.35. The minimum Gasteiger partial charge on any atom is -0.399 e. The standard InChI is InChI=1S/C14H11NO2/c15-8-5-6-11-12(7-8)14(17)10-4-2-1-3-9(10)13(11)16/h1-7,14,17H,15H2. The summed E-state index contributed by atoms with van der Waals surface area (Å²) in [5, 5.41) is 10.2. The first-order valence-corrected chi connectivity index (χ1v) is 5.39. The van der Waals surface area contributed by atoms with E-state index < -0.39 is 6.10 Å². The summed E-state index contributed by atoms with van der Waals surface area (Å²) in [6.07, 6.45) is -0.776. The summed E-state index contributed by atoms with van der Waals surface area (Å²) in [5.74, 6) is -0.0547. The Kier molecular flexibility index (Phi) is 2.03. The van der Waals surface area contributed by atoms with Crippen LogP contribution in [0.2, 0.25) is 0 Å². The van der Waals surface area contributed by atoms with Gasteiger partial charge in [0.25, 0.3) is 0 Å². The Balaban J connectivity index is 2.29. The van der Waals surface area contributed by atoms with Gasteiger partial charge in [0, 0.05) is 16.8 Å². The Bertz CT molecular complexity index is 619. The van der Waals surface area contributed by atoms with Crippen LogP contribution in [0.1, 0.15) is 33.2 Å². The van der Waals surface area contributed by atoms with E-state index in [4.69, 9.17) is 5.73 Å². The fraction of sp³-hybridized carbons (Fsp3) is 0.0714. The third kappa shape index (κ3) is 1.36. The molecule has 3 nitrogen and oxygen atoms in total. The third-order valence-electron chi connectivity index (χ3n) is 3.11. The SMILES string of the molecule is Nc1ccc2c(c1)C(O)c1ccccc1C2=O. The zero-order chi connectivity index (χ0) is 12.0. The third-order valence-corrected chi connectivity index (χ3v) is 3.11. The Hall–Kier alpha value is -2.13. The highest BCUT2D eigenvalue weighted by Gasteiger charge is 2.29. The molecule has 1 unspecified atom stereocenters. The predicted molar refractivity (Wildman–Crippen MR) is 64.8 cm³/mol. The molecule has 0 aliphatic heterocycles. The molecule has 0 spiro atoms. The van der Waals surface area contributed by atoms with Crippen LogP contribution in [0.5, 0.6) is 0 Å². The monoisotopic (exact) mass is 225 g/mol. The van der Waals surface area contributed by atoms with Crippen LogP contribution in [0, 0.1) is 0 Å². The zero-order valence-corrected chi connectivity index (χ0v) is 9.05. The Labute approximate surface area is 98.5 Å². The van der Waals surface area contributed by atoms with Crippen molar-refractivity contribution in [3.63, 3.8) is 0 Å². The van der Waals surface area contributed by atoms with Gasteiger partial charge in [-0.2, -0.15) is 0 Å². The van der Waals surface area contributed by atoms with E-state index in [0.29, 0.717) is 27.9 Å². The number of hydrogen-bond donors (Lipinski definition) is 2. The second kappa shape index (κ2) is 3.43. The second-order valence-electron chi connectivity index (χ2n) is 4.17. The van der Waals surface area contributed by atoms with E-state index in [9.17, 15) is 9.90 Å². The van der Waals surface area contributed by atoms with Crippen molar-refractivity contribution >= 4 is 11.5 Å². The van der Waals surface area contributed by atoms with Crippen LogP contribution in [0.25, 0.3) is 0 Å². The van der Waals surface area contributed by atoms with Crippen LogP contribution in [-0.2, 0) is 0 Å². The number of aliphatic hydroxyl groups is 1. The van der Waals surface area contributed by atoms with E-state index in [-0.39, 0.29) is 5.78 Å². The molecule has 2 aromatic rings. The molecule has 3 rings (SSSR count). The summed E-state index contributed by atoms with van der Waals surface area (Å²) in [7, 11) is 0. The number of nitrogens with two attached hydrogens (primary N) is 1. The van der Waals surface area contributed by atoms with Crippen molar-refractivity contribution < 1.29 is 9.90 Å². The molecule has 1 atom stereocenters. The summed E-state index contributed by atoms with van der Waals surface area (Å²) in [4.78, 5) is 12.2. The number of fused-ring (bicyclic) bond motifs is 2. The van der Waals surface area contributed by atoms with E-state index in [0.717, 1.165) is 0 Å². The molecule has 0 radical (unpaired) electrons. The minimum absolute atomic E-state index is 0.0547. The summed E-state index contributed by atoms with van der Waals surface area (Å²) in [6, 6.07) is 12.1. The molecule has 0 fully saturated rings. The van der Waals surface area contributed by atoms with Gasteiger partial charge in [-0.15, -0.1) is 0 Å². The van der Waals surface area contributed by atoms with Crippen LogP contribution in [0.3, 0.4) is 0 Å². The van der Waals surface area contributed by atoms with Crippen LogP contribution >= 0.6 is 0 Å². The van der Waals surface area contributed by atoms with E-state index in [2.05, 4.69) is 0 Å². The van der Waals surface area contributed by atoms with Crippen molar-refractivity contribution in [1.82, 2.24) is 0 Å². The van der Waals surface area contributed by atoms with Crippen molar-refractivity contribution in [2.24, 2.45) is 0 Å². The Morgan fingerprint density at radius 3 is 2.53 bits per heavy atom. The maximum absolute atomic E-state index is 12.2. The first kappa shape index (κ1) is 10.1. The quantitative estimate of drug-likeness (QED) is 0.673. The molecule has 0 saturated heterocycles. The number of nitrogen functional groups attached to an aromatic ring is 1. The first-order chi connectivity index (χ1) is 8.18. The number of benzene rings is 2. The summed E-state index contributed by atoms with van der Waals surface area (Å²) >= 11 is 0. The molecule has 2 aromatic carbocycles. The lowest BCUT2D eigenvalue weighted by Crippen LogP contribution is -2.19. The van der Waals surface area contributed by atoms with Gasteiger partial charge in [-0.1, -0.05) is 24.3 Å². The molecule has 17 heavy (non-hydrogen) atoms. The number of ketones is 1. The van der Waals surface area contributed by atoms with Gasteiger partial charge in [0.15, 0.2) is 5.78 Å². The van der Waals surface area contributed by atoms with Crippen LogP contribution in [-0.4, -0.2) is 10.9 Å². The molecule has 0 bridgehead atoms. The van der Waals surface area contributed by atoms with Gasteiger partial charge < -0.3 is 10.8 Å². The number of carbonyl (C=O) groups excluding carboxylic acids is 1. The van der Waals surface area contributed by atoms with Crippen LogP contribution in [0.15, 0.2) is 42.5 Å². The predicted octanol–water partition coefficient (Wildman–Crippen LogP) is 1.89. The number of carbonyl (C=O) groups is 1. The van der Waals surface area contributed by atoms with E-state index in [1.54, 1.807) is 36.4 Å². The Morgan fingerprint density at radius 2 is 1.71 bits per heavy atom. The lowest BCUT2D eigenvalue weighted by molar-refractivity contribution is 0.101. The topological polar surface area (TPSA) is 63.3 Å². The molecule has 0 aromatic heterocycles. The van der Waals surface area contributed by atoms with Crippen molar-refractivity contribution in [2.45, 2.75) is 6.10 Å². The largest absolute Gasteiger partial charge is 0.399 e. The molecule has 3 N–H and O–H groups in total. The molecular formula is C14H11NO2. The summed E-state index contributed by atoms with van der Waals surface area (Å²) < 4.78 is 0. The smallest absolute Gasteiger partial charge is 0.193 e. The van der Waals surface area contributed by atoms with Gasteiger partial charge in [-0.25, -0.2) is 0 Å². The number of rotatable bonds is 0. The maximum Gasteiger partial charge on any atom is 0.193 e. The van der Waals surface area contributed by atoms with Gasteiger partial charge in [0.05, 0.1) is 0 Å². The number of hydrogen-bond acceptors (Lipinski definition) is 3. The van der Waals surface area contributed by atoms with Crippen molar-refractivity contribution in [3.8, 4) is 0 Å². The molecule has 84 valence electrons. The average molecular weight is 225 g/mol. The Morgan fingerprint density at radius 1 is 1.00 bits per heavy atom. The van der Waals surface area contributed by atoms with E-state index >= 15 is 0 Å². The normalized spacial score (nSPS) is 17.5. The average Bonchev–Trinajstić information content (AvgIpc) is 2.36. The van der Waals surface area contributed by atoms with Crippen LogP contribution < -0.4 is 5.73 Å². The van der Waals surface area contributed by atoms with Gasteiger partial charge in [-0.05, 0) is 29.3 Å². The fourth-order valence-corrected chi connectivity index (χ4v) is 2.27. The molecule has 0 heterocycles. The van der Waals surface area contributed by atoms with Crippen molar-refractivity contribution in [1.29, 1.82) is 0 Å². The molecule has 1 aliphatic carbocycles. The lowest BCUT2D eigenvalue weighted by Gasteiger charge is -2.23. The van der Waals surface area contributed by atoms with E-state index in [1.165, 1.54) is 0 Å². The minimum atomic E-state index is -0.776. The molecule has 1 aliphatic rings. The first-order valence-electron chi connectivity index (χ1n) is 5.39. The number of anilines is 1. The lowest BCUT2D eigenvalue weighted by atomic mass is 9.83. The van der Waals surface area contributed by atoms with Gasteiger partial charge >= 0.3 is 0 Å².